The van der Waals surface area contributed by atoms with Gasteiger partial charge < -0.3 is 5.32 Å². The molecule has 3 heteroatoms. The van der Waals surface area contributed by atoms with Gasteiger partial charge in [-0.3, -0.25) is 4.79 Å². The highest BCUT2D eigenvalue weighted by Gasteiger charge is 2.00. The number of nitrogens with one attached hydrogen (secondary N) is 1. The maximum atomic E-state index is 10.9. The molecule has 0 spiro atoms. The van der Waals surface area contributed by atoms with Gasteiger partial charge in [-0.1, -0.05) is 6.92 Å². The van der Waals surface area contributed by atoms with Gasteiger partial charge in [0.05, 0.1) is 6.54 Å². The van der Waals surface area contributed by atoms with Gasteiger partial charge in [0, 0.05) is 11.3 Å². The summed E-state index contributed by atoms with van der Waals surface area (Å²) in [4.78, 5) is 12.2. The van der Waals surface area contributed by atoms with Crippen molar-refractivity contribution in [3.8, 4) is 0 Å². The van der Waals surface area contributed by atoms with E-state index in [2.05, 4.69) is 18.3 Å². The Morgan fingerprint density at radius 3 is 2.92 bits per heavy atom. The SMILES string of the molecule is CCC(=O)NCc1sccc1C. The molecule has 0 aliphatic heterocycles. The number of thiophene rings is 1. The van der Waals surface area contributed by atoms with Crippen molar-refractivity contribution in [2.24, 2.45) is 0 Å². The summed E-state index contributed by atoms with van der Waals surface area (Å²) in [5.74, 6) is 0.114. The Hall–Kier alpha value is -0.830. The van der Waals surface area contributed by atoms with Gasteiger partial charge in [-0.15, -0.1) is 11.3 Å². The van der Waals surface area contributed by atoms with E-state index >= 15 is 0 Å². The van der Waals surface area contributed by atoms with Gasteiger partial charge in [0.15, 0.2) is 0 Å². The summed E-state index contributed by atoms with van der Waals surface area (Å²) in [5.41, 5.74) is 1.26. The largest absolute Gasteiger partial charge is 0.351 e. The molecule has 1 heterocycles. The van der Waals surface area contributed by atoms with Gasteiger partial charge in [0.25, 0.3) is 0 Å². The van der Waals surface area contributed by atoms with Crippen LogP contribution in [0.4, 0.5) is 0 Å². The van der Waals surface area contributed by atoms with Crippen molar-refractivity contribution < 1.29 is 4.79 Å². The van der Waals surface area contributed by atoms with Crippen LogP contribution < -0.4 is 5.32 Å². The maximum absolute atomic E-state index is 10.9. The van der Waals surface area contributed by atoms with Crippen molar-refractivity contribution in [3.63, 3.8) is 0 Å². The summed E-state index contributed by atoms with van der Waals surface area (Å²) < 4.78 is 0. The number of amides is 1. The first kappa shape index (κ1) is 9.26. The van der Waals surface area contributed by atoms with Gasteiger partial charge >= 0.3 is 0 Å². The molecule has 0 aliphatic rings. The fourth-order valence-corrected chi connectivity index (χ4v) is 1.73. The number of carbonyl (C=O) groups is 1. The summed E-state index contributed by atoms with van der Waals surface area (Å²) in [7, 11) is 0. The molecule has 0 aliphatic carbocycles. The Bertz CT molecular complexity index is 267. The fourth-order valence-electron chi connectivity index (χ4n) is 0.889. The first-order valence-electron chi connectivity index (χ1n) is 4.03. The molecular formula is C9H13NOS. The van der Waals surface area contributed by atoms with Crippen LogP contribution >= 0.6 is 11.3 Å². The van der Waals surface area contributed by atoms with E-state index in [4.69, 9.17) is 0 Å². The quantitative estimate of drug-likeness (QED) is 0.763. The third-order valence-electron chi connectivity index (χ3n) is 1.74. The van der Waals surface area contributed by atoms with Crippen molar-refractivity contribution in [2.75, 3.05) is 0 Å². The molecular weight excluding hydrogens is 170 g/mol. The highest BCUT2D eigenvalue weighted by atomic mass is 32.1. The molecule has 0 saturated heterocycles. The predicted molar refractivity (Wildman–Crippen MR) is 51.2 cm³/mol. The summed E-state index contributed by atoms with van der Waals surface area (Å²) in [6.07, 6.45) is 0.560. The molecule has 1 amide bonds. The molecule has 1 rings (SSSR count). The van der Waals surface area contributed by atoms with Crippen LogP contribution in [0.25, 0.3) is 0 Å². The summed E-state index contributed by atoms with van der Waals surface area (Å²) in [6, 6.07) is 2.07. The van der Waals surface area contributed by atoms with E-state index in [9.17, 15) is 4.79 Å². The third kappa shape index (κ3) is 2.34. The van der Waals surface area contributed by atoms with E-state index in [-0.39, 0.29) is 5.91 Å². The first-order chi connectivity index (χ1) is 5.74. The first-order valence-corrected chi connectivity index (χ1v) is 4.91. The molecule has 0 atom stereocenters. The standard InChI is InChI=1S/C9H13NOS/c1-3-9(11)10-6-8-7(2)4-5-12-8/h4-5H,3,6H2,1-2H3,(H,10,11). The molecule has 0 bridgehead atoms. The lowest BCUT2D eigenvalue weighted by Gasteiger charge is -2.01. The van der Waals surface area contributed by atoms with E-state index in [0.29, 0.717) is 13.0 Å². The van der Waals surface area contributed by atoms with Gasteiger partial charge in [0.2, 0.25) is 5.91 Å². The van der Waals surface area contributed by atoms with E-state index in [1.807, 2.05) is 12.3 Å². The van der Waals surface area contributed by atoms with Crippen LogP contribution in [-0.4, -0.2) is 5.91 Å². The Labute approximate surface area is 76.6 Å². The molecule has 0 saturated carbocycles. The smallest absolute Gasteiger partial charge is 0.220 e. The molecule has 1 aromatic rings. The monoisotopic (exact) mass is 183 g/mol. The van der Waals surface area contributed by atoms with Crippen molar-refractivity contribution in [2.45, 2.75) is 26.8 Å². The van der Waals surface area contributed by atoms with Crippen LogP contribution in [0, 0.1) is 6.92 Å². The zero-order valence-electron chi connectivity index (χ0n) is 7.39. The normalized spacial score (nSPS) is 9.83. The van der Waals surface area contributed by atoms with E-state index in [0.717, 1.165) is 0 Å². The zero-order valence-corrected chi connectivity index (χ0v) is 8.20. The molecule has 1 N–H and O–H groups in total. The molecule has 12 heavy (non-hydrogen) atoms. The molecule has 0 fully saturated rings. The van der Waals surface area contributed by atoms with Crippen LogP contribution in [-0.2, 0) is 11.3 Å². The second kappa shape index (κ2) is 4.26. The van der Waals surface area contributed by atoms with E-state index < -0.39 is 0 Å². The zero-order chi connectivity index (χ0) is 8.97. The highest BCUT2D eigenvalue weighted by Crippen LogP contribution is 2.14. The van der Waals surface area contributed by atoms with Crippen molar-refractivity contribution in [3.05, 3.63) is 21.9 Å². The minimum atomic E-state index is 0.114. The number of carbonyl (C=O) groups excluding carboxylic acids is 1. The van der Waals surface area contributed by atoms with Crippen molar-refractivity contribution in [1.82, 2.24) is 5.32 Å². The molecule has 0 radical (unpaired) electrons. The molecule has 0 aromatic carbocycles. The average Bonchev–Trinajstić information content (AvgIpc) is 2.47. The Balaban J connectivity index is 2.43. The minimum Gasteiger partial charge on any atom is -0.351 e. The van der Waals surface area contributed by atoms with E-state index in [1.165, 1.54) is 10.4 Å². The van der Waals surface area contributed by atoms with Gasteiger partial charge in [-0.25, -0.2) is 0 Å². The Morgan fingerprint density at radius 2 is 2.42 bits per heavy atom. The number of hydrogen-bond acceptors (Lipinski definition) is 2. The van der Waals surface area contributed by atoms with Gasteiger partial charge in [-0.05, 0) is 23.9 Å². The number of aryl methyl sites for hydroxylation is 1. The molecule has 66 valence electrons. The Kier molecular flexibility index (Phi) is 3.29. The lowest BCUT2D eigenvalue weighted by Crippen LogP contribution is -2.21. The van der Waals surface area contributed by atoms with Gasteiger partial charge in [0.1, 0.15) is 0 Å². The lowest BCUT2D eigenvalue weighted by atomic mass is 10.3. The van der Waals surface area contributed by atoms with Crippen LogP contribution in [0.5, 0.6) is 0 Å². The van der Waals surface area contributed by atoms with Crippen LogP contribution in [0.2, 0.25) is 0 Å². The predicted octanol–water partition coefficient (Wildman–Crippen LogP) is 2.08. The second-order valence-electron chi connectivity index (χ2n) is 2.66. The van der Waals surface area contributed by atoms with Crippen molar-refractivity contribution >= 4 is 17.2 Å². The average molecular weight is 183 g/mol. The minimum absolute atomic E-state index is 0.114. The molecule has 1 aromatic heterocycles. The maximum Gasteiger partial charge on any atom is 0.220 e. The molecule has 2 nitrogen and oxygen atoms in total. The second-order valence-corrected chi connectivity index (χ2v) is 3.66. The van der Waals surface area contributed by atoms with Crippen LogP contribution in [0.15, 0.2) is 11.4 Å². The third-order valence-corrected chi connectivity index (χ3v) is 2.76. The van der Waals surface area contributed by atoms with E-state index in [1.54, 1.807) is 11.3 Å². The lowest BCUT2D eigenvalue weighted by molar-refractivity contribution is -0.120. The number of rotatable bonds is 3. The van der Waals surface area contributed by atoms with Crippen LogP contribution in [0.3, 0.4) is 0 Å². The summed E-state index contributed by atoms with van der Waals surface area (Å²) >= 11 is 1.69. The topological polar surface area (TPSA) is 29.1 Å². The Morgan fingerprint density at radius 1 is 1.67 bits per heavy atom. The fraction of sp³-hybridized carbons (Fsp3) is 0.444. The summed E-state index contributed by atoms with van der Waals surface area (Å²) in [5, 5.41) is 4.89. The summed E-state index contributed by atoms with van der Waals surface area (Å²) in [6.45, 7) is 4.59. The van der Waals surface area contributed by atoms with Crippen molar-refractivity contribution in [1.29, 1.82) is 0 Å². The van der Waals surface area contributed by atoms with Gasteiger partial charge in [-0.2, -0.15) is 0 Å². The highest BCUT2D eigenvalue weighted by molar-refractivity contribution is 7.10. The molecule has 0 unspecified atom stereocenters. The number of hydrogen-bond donors (Lipinski definition) is 1. The van der Waals surface area contributed by atoms with Crippen LogP contribution in [0.1, 0.15) is 23.8 Å².